The zero-order valence-electron chi connectivity index (χ0n) is 16.1. The first-order valence-electron chi connectivity index (χ1n) is 10.0. The van der Waals surface area contributed by atoms with E-state index in [0.29, 0.717) is 11.8 Å². The molecule has 1 aliphatic carbocycles. The normalized spacial score (nSPS) is 19.5. The molecule has 1 heteroatoms. The Morgan fingerprint density at radius 2 is 1.62 bits per heavy atom. The lowest BCUT2D eigenvalue weighted by Crippen LogP contribution is -2.12. The second kappa shape index (κ2) is 9.48. The summed E-state index contributed by atoms with van der Waals surface area (Å²) in [6, 6.07) is 17.4. The fraction of sp³-hybridized carbons (Fsp3) is 0.440. The van der Waals surface area contributed by atoms with Crippen LogP contribution in [-0.2, 0) is 6.42 Å². The lowest BCUT2D eigenvalue weighted by Gasteiger charge is -2.26. The molecule has 26 heavy (non-hydrogen) atoms. The highest BCUT2D eigenvalue weighted by Gasteiger charge is 2.21. The van der Waals surface area contributed by atoms with Crippen molar-refractivity contribution in [1.29, 1.82) is 0 Å². The summed E-state index contributed by atoms with van der Waals surface area (Å²) < 4.78 is 5.20. The predicted molar refractivity (Wildman–Crippen MR) is 110 cm³/mol. The van der Waals surface area contributed by atoms with Crippen molar-refractivity contribution in [3.05, 3.63) is 65.2 Å². The average Bonchev–Trinajstić information content (AvgIpc) is 2.72. The molecule has 0 spiro atoms. The van der Waals surface area contributed by atoms with Gasteiger partial charge in [-0.05, 0) is 79.8 Å². The van der Waals surface area contributed by atoms with Gasteiger partial charge in [-0.1, -0.05) is 49.5 Å². The molecule has 136 valence electrons. The van der Waals surface area contributed by atoms with Gasteiger partial charge in [-0.25, -0.2) is 0 Å². The molecule has 0 saturated heterocycles. The fourth-order valence-electron chi connectivity index (χ4n) is 3.77. The summed E-state index contributed by atoms with van der Waals surface area (Å²) in [5.74, 6) is 8.97. The molecule has 0 N–H and O–H groups in total. The largest absolute Gasteiger partial charge is 0.497 e. The van der Waals surface area contributed by atoms with Crippen LogP contribution in [0.15, 0.2) is 48.5 Å². The molecule has 0 aromatic heterocycles. The number of hydrogen-bond acceptors (Lipinski definition) is 1. The van der Waals surface area contributed by atoms with Gasteiger partial charge in [-0.2, -0.15) is 0 Å². The maximum Gasteiger partial charge on any atom is 0.118 e. The number of methoxy groups -OCH3 is 1. The zero-order chi connectivity index (χ0) is 18.2. The van der Waals surface area contributed by atoms with E-state index in [-0.39, 0.29) is 0 Å². The van der Waals surface area contributed by atoms with Gasteiger partial charge in [0.2, 0.25) is 0 Å². The highest BCUT2D eigenvalue weighted by Crippen LogP contribution is 2.35. The molecule has 0 amide bonds. The van der Waals surface area contributed by atoms with Crippen LogP contribution in [0.5, 0.6) is 5.75 Å². The highest BCUT2D eigenvalue weighted by molar-refractivity contribution is 5.38. The van der Waals surface area contributed by atoms with Crippen molar-refractivity contribution < 1.29 is 4.74 Å². The maximum absolute atomic E-state index is 5.20. The fourth-order valence-corrected chi connectivity index (χ4v) is 3.77. The van der Waals surface area contributed by atoms with Crippen LogP contribution in [0.1, 0.15) is 68.1 Å². The molecule has 0 radical (unpaired) electrons. The monoisotopic (exact) mass is 346 g/mol. The summed E-state index contributed by atoms with van der Waals surface area (Å²) in [5.41, 5.74) is 4.08. The van der Waals surface area contributed by atoms with Crippen LogP contribution in [0.25, 0.3) is 0 Å². The first-order chi connectivity index (χ1) is 12.8. The topological polar surface area (TPSA) is 9.23 Å². The second-order valence-electron chi connectivity index (χ2n) is 7.39. The number of unbranched alkanes of at least 4 members (excludes halogenated alkanes) is 1. The molecule has 1 aliphatic rings. The van der Waals surface area contributed by atoms with E-state index in [4.69, 9.17) is 4.74 Å². The Morgan fingerprint density at radius 1 is 0.923 bits per heavy atom. The number of ether oxygens (including phenoxy) is 1. The van der Waals surface area contributed by atoms with E-state index in [2.05, 4.69) is 43.0 Å². The third-order valence-corrected chi connectivity index (χ3v) is 5.51. The number of benzene rings is 2. The van der Waals surface area contributed by atoms with E-state index in [1.165, 1.54) is 56.1 Å². The molecule has 2 aromatic rings. The molecular formula is C25H30O. The average molecular weight is 347 g/mol. The molecular weight excluding hydrogens is 316 g/mol. The van der Waals surface area contributed by atoms with Gasteiger partial charge in [-0.15, -0.1) is 0 Å². The summed E-state index contributed by atoms with van der Waals surface area (Å²) in [7, 11) is 1.69. The first-order valence-corrected chi connectivity index (χ1v) is 10.0. The van der Waals surface area contributed by atoms with Gasteiger partial charge >= 0.3 is 0 Å². The van der Waals surface area contributed by atoms with Gasteiger partial charge in [0.1, 0.15) is 5.75 Å². The SMILES string of the molecule is CCCCc1ccc([C@H]2CC[C@H](C#Cc3ccc(OC)cc3)CC2)cc1. The third kappa shape index (κ3) is 5.15. The van der Waals surface area contributed by atoms with Crippen molar-refractivity contribution in [1.82, 2.24) is 0 Å². The summed E-state index contributed by atoms with van der Waals surface area (Å²) in [6.45, 7) is 2.25. The van der Waals surface area contributed by atoms with E-state index in [1.807, 2.05) is 24.3 Å². The highest BCUT2D eigenvalue weighted by atomic mass is 16.5. The zero-order valence-corrected chi connectivity index (χ0v) is 16.1. The lowest BCUT2D eigenvalue weighted by molar-refractivity contribution is 0.384. The first kappa shape index (κ1) is 18.6. The Labute approximate surface area is 158 Å². The third-order valence-electron chi connectivity index (χ3n) is 5.51. The van der Waals surface area contributed by atoms with Crippen molar-refractivity contribution in [2.75, 3.05) is 7.11 Å². The van der Waals surface area contributed by atoms with E-state index < -0.39 is 0 Å². The molecule has 1 nitrogen and oxygen atoms in total. The minimum Gasteiger partial charge on any atom is -0.497 e. The summed E-state index contributed by atoms with van der Waals surface area (Å²) in [5, 5.41) is 0. The van der Waals surface area contributed by atoms with Crippen molar-refractivity contribution >= 4 is 0 Å². The molecule has 0 unspecified atom stereocenters. The van der Waals surface area contributed by atoms with E-state index >= 15 is 0 Å². The van der Waals surface area contributed by atoms with Crippen LogP contribution in [0.2, 0.25) is 0 Å². The van der Waals surface area contributed by atoms with E-state index in [0.717, 1.165) is 11.3 Å². The van der Waals surface area contributed by atoms with Crippen molar-refractivity contribution in [3.8, 4) is 17.6 Å². The molecule has 3 rings (SSSR count). The van der Waals surface area contributed by atoms with Crippen LogP contribution in [-0.4, -0.2) is 7.11 Å². The van der Waals surface area contributed by atoms with E-state index in [9.17, 15) is 0 Å². The maximum atomic E-state index is 5.20. The van der Waals surface area contributed by atoms with Crippen molar-refractivity contribution in [2.24, 2.45) is 5.92 Å². The molecule has 2 aromatic carbocycles. The van der Waals surface area contributed by atoms with Crippen LogP contribution in [0, 0.1) is 17.8 Å². The molecule has 0 aliphatic heterocycles. The van der Waals surface area contributed by atoms with Crippen molar-refractivity contribution in [2.45, 2.75) is 57.8 Å². The van der Waals surface area contributed by atoms with Gasteiger partial charge in [0.15, 0.2) is 0 Å². The smallest absolute Gasteiger partial charge is 0.118 e. The van der Waals surface area contributed by atoms with Crippen LogP contribution in [0.3, 0.4) is 0 Å². The minimum absolute atomic E-state index is 0.539. The molecule has 0 heterocycles. The Morgan fingerprint density at radius 3 is 2.23 bits per heavy atom. The van der Waals surface area contributed by atoms with Gasteiger partial charge < -0.3 is 4.74 Å². The van der Waals surface area contributed by atoms with Crippen LogP contribution in [0.4, 0.5) is 0 Å². The second-order valence-corrected chi connectivity index (χ2v) is 7.39. The van der Waals surface area contributed by atoms with Gasteiger partial charge in [-0.3, -0.25) is 0 Å². The minimum atomic E-state index is 0.539. The quantitative estimate of drug-likeness (QED) is 0.572. The Hall–Kier alpha value is -2.20. The molecule has 1 fully saturated rings. The molecule has 0 bridgehead atoms. The van der Waals surface area contributed by atoms with Gasteiger partial charge in [0.05, 0.1) is 7.11 Å². The standard InChI is InChI=1S/C25H30O/c1-3-4-5-20-8-14-23(15-9-20)24-16-10-21(11-17-24)6-7-22-12-18-25(26-2)19-13-22/h8-9,12-15,18-19,21,24H,3-5,10-11,16-17H2,1-2H3/t21-,24-. The Bertz CT molecular complexity index is 722. The van der Waals surface area contributed by atoms with Gasteiger partial charge in [0.25, 0.3) is 0 Å². The molecule has 1 saturated carbocycles. The summed E-state index contributed by atoms with van der Waals surface area (Å²) >= 11 is 0. The Balaban J connectivity index is 1.51. The van der Waals surface area contributed by atoms with Gasteiger partial charge in [0, 0.05) is 11.5 Å². The number of rotatable bonds is 5. The molecule has 0 atom stereocenters. The Kier molecular flexibility index (Phi) is 6.78. The number of hydrogen-bond donors (Lipinski definition) is 0. The number of aryl methyl sites for hydroxylation is 1. The summed E-state index contributed by atoms with van der Waals surface area (Å²) in [4.78, 5) is 0. The summed E-state index contributed by atoms with van der Waals surface area (Å²) in [6.07, 6.45) is 8.72. The van der Waals surface area contributed by atoms with E-state index in [1.54, 1.807) is 7.11 Å². The van der Waals surface area contributed by atoms with Crippen LogP contribution >= 0.6 is 0 Å². The van der Waals surface area contributed by atoms with Crippen LogP contribution < -0.4 is 4.74 Å². The lowest BCUT2D eigenvalue weighted by atomic mass is 9.78. The predicted octanol–water partition coefficient (Wildman–Crippen LogP) is 6.36. The van der Waals surface area contributed by atoms with Crippen molar-refractivity contribution in [3.63, 3.8) is 0 Å².